The first kappa shape index (κ1) is 15.8. The molecule has 1 N–H and O–H groups in total. The van der Waals surface area contributed by atoms with E-state index in [1.54, 1.807) is 4.68 Å². The minimum absolute atomic E-state index is 0.298. The van der Waals surface area contributed by atoms with Crippen molar-refractivity contribution in [2.75, 3.05) is 0 Å². The zero-order valence-electron chi connectivity index (χ0n) is 13.9. The van der Waals surface area contributed by atoms with Crippen LogP contribution in [0.1, 0.15) is 41.5 Å². The van der Waals surface area contributed by atoms with Crippen molar-refractivity contribution in [2.24, 2.45) is 0 Å². The molecule has 0 amide bonds. The first-order chi connectivity index (χ1) is 12.3. The summed E-state index contributed by atoms with van der Waals surface area (Å²) in [5, 5.41) is 22.1. The van der Waals surface area contributed by atoms with E-state index in [9.17, 15) is 5.11 Å². The number of hydrogen-bond acceptors (Lipinski definition) is 5. The van der Waals surface area contributed by atoms with Gasteiger partial charge in [0.2, 0.25) is 0 Å². The Kier molecular flexibility index (Phi) is 4.43. The van der Waals surface area contributed by atoms with Crippen molar-refractivity contribution in [1.29, 1.82) is 0 Å². The van der Waals surface area contributed by atoms with Crippen LogP contribution < -0.4 is 4.74 Å². The number of ether oxygens (including phenoxy) is 1. The molecule has 1 atom stereocenters. The lowest BCUT2D eigenvalue weighted by Crippen LogP contribution is -2.13. The normalized spacial score (nSPS) is 16.4. The Morgan fingerprint density at radius 2 is 2.00 bits per heavy atom. The Morgan fingerprint density at radius 3 is 2.88 bits per heavy atom. The molecule has 1 aromatic heterocycles. The molecule has 0 radical (unpaired) electrons. The van der Waals surface area contributed by atoms with E-state index < -0.39 is 6.10 Å². The van der Waals surface area contributed by atoms with Crippen LogP contribution in [0.5, 0.6) is 5.75 Å². The van der Waals surface area contributed by atoms with Gasteiger partial charge in [-0.2, -0.15) is 0 Å². The molecule has 2 aromatic carbocycles. The minimum atomic E-state index is -0.393. The SMILES string of the molecule is OC1CCCc2c(OCc3nnnn3Cc3ccccc3)cccc21. The molecular weight excluding hydrogens is 316 g/mol. The van der Waals surface area contributed by atoms with E-state index in [0.29, 0.717) is 19.0 Å². The molecule has 0 fully saturated rings. The Balaban J connectivity index is 1.50. The van der Waals surface area contributed by atoms with Crippen LogP contribution in [0.15, 0.2) is 48.5 Å². The van der Waals surface area contributed by atoms with Gasteiger partial charge in [0.1, 0.15) is 12.4 Å². The van der Waals surface area contributed by atoms with Crippen molar-refractivity contribution in [3.05, 3.63) is 71.0 Å². The van der Waals surface area contributed by atoms with E-state index in [-0.39, 0.29) is 0 Å². The summed E-state index contributed by atoms with van der Waals surface area (Å²) in [5.74, 6) is 1.49. The fourth-order valence-corrected chi connectivity index (χ4v) is 3.27. The minimum Gasteiger partial charge on any atom is -0.485 e. The van der Waals surface area contributed by atoms with Crippen molar-refractivity contribution >= 4 is 0 Å². The molecule has 0 saturated heterocycles. The second-order valence-corrected chi connectivity index (χ2v) is 6.26. The average Bonchev–Trinajstić information content (AvgIpc) is 3.08. The molecule has 0 bridgehead atoms. The van der Waals surface area contributed by atoms with Crippen LogP contribution in [0.3, 0.4) is 0 Å². The number of nitrogens with zero attached hydrogens (tertiary/aromatic N) is 4. The summed E-state index contributed by atoms with van der Waals surface area (Å²) in [4.78, 5) is 0. The van der Waals surface area contributed by atoms with Crippen molar-refractivity contribution in [2.45, 2.75) is 38.5 Å². The molecule has 1 heterocycles. The van der Waals surface area contributed by atoms with Gasteiger partial charge in [0.25, 0.3) is 0 Å². The van der Waals surface area contributed by atoms with Crippen molar-refractivity contribution in [3.8, 4) is 5.75 Å². The Labute approximate surface area is 146 Å². The number of tetrazole rings is 1. The van der Waals surface area contributed by atoms with E-state index in [1.807, 2.05) is 48.5 Å². The fourth-order valence-electron chi connectivity index (χ4n) is 3.27. The molecule has 128 valence electrons. The van der Waals surface area contributed by atoms with Gasteiger partial charge >= 0.3 is 0 Å². The third-order valence-corrected chi connectivity index (χ3v) is 4.57. The molecule has 1 unspecified atom stereocenters. The van der Waals surface area contributed by atoms with Crippen LogP contribution in [-0.2, 0) is 19.6 Å². The molecule has 6 heteroatoms. The first-order valence-corrected chi connectivity index (χ1v) is 8.53. The van der Waals surface area contributed by atoms with E-state index in [1.165, 1.54) is 0 Å². The van der Waals surface area contributed by atoms with Gasteiger partial charge in [-0.05, 0) is 52.4 Å². The first-order valence-electron chi connectivity index (χ1n) is 8.53. The predicted molar refractivity (Wildman–Crippen MR) is 92.0 cm³/mol. The van der Waals surface area contributed by atoms with Crippen LogP contribution in [0, 0.1) is 0 Å². The molecule has 1 aliphatic carbocycles. The quantitative estimate of drug-likeness (QED) is 0.775. The Bertz CT molecular complexity index is 848. The lowest BCUT2D eigenvalue weighted by molar-refractivity contribution is 0.155. The second-order valence-electron chi connectivity index (χ2n) is 6.26. The molecule has 0 aliphatic heterocycles. The summed E-state index contributed by atoms with van der Waals surface area (Å²) in [6, 6.07) is 15.9. The van der Waals surface area contributed by atoms with Crippen LogP contribution in [-0.4, -0.2) is 25.3 Å². The number of aliphatic hydroxyl groups excluding tert-OH is 1. The third kappa shape index (κ3) is 3.39. The van der Waals surface area contributed by atoms with Gasteiger partial charge < -0.3 is 9.84 Å². The maximum atomic E-state index is 10.2. The number of rotatable bonds is 5. The summed E-state index contributed by atoms with van der Waals surface area (Å²) < 4.78 is 7.75. The third-order valence-electron chi connectivity index (χ3n) is 4.57. The highest BCUT2D eigenvalue weighted by atomic mass is 16.5. The van der Waals surface area contributed by atoms with E-state index in [0.717, 1.165) is 41.7 Å². The molecule has 3 aromatic rings. The predicted octanol–water partition coefficient (Wildman–Crippen LogP) is 2.67. The lowest BCUT2D eigenvalue weighted by Gasteiger charge is -2.23. The highest BCUT2D eigenvalue weighted by molar-refractivity contribution is 5.42. The van der Waals surface area contributed by atoms with Gasteiger partial charge in [-0.3, -0.25) is 0 Å². The van der Waals surface area contributed by atoms with Gasteiger partial charge in [0, 0.05) is 0 Å². The van der Waals surface area contributed by atoms with Gasteiger partial charge in [0.15, 0.2) is 5.82 Å². The average molecular weight is 336 g/mol. The lowest BCUT2D eigenvalue weighted by atomic mass is 9.89. The maximum Gasteiger partial charge on any atom is 0.189 e. The number of aliphatic hydroxyl groups is 1. The zero-order chi connectivity index (χ0) is 17.1. The summed E-state index contributed by atoms with van der Waals surface area (Å²) in [5.41, 5.74) is 3.22. The van der Waals surface area contributed by atoms with E-state index >= 15 is 0 Å². The van der Waals surface area contributed by atoms with Crippen LogP contribution >= 0.6 is 0 Å². The molecular formula is C19H20N4O2. The topological polar surface area (TPSA) is 73.1 Å². The zero-order valence-corrected chi connectivity index (χ0v) is 13.9. The standard InChI is InChI=1S/C19H20N4O2/c24-17-10-4-9-16-15(17)8-5-11-18(16)25-13-19-20-21-22-23(19)12-14-6-2-1-3-7-14/h1-3,5-8,11,17,24H,4,9-10,12-13H2. The summed E-state index contributed by atoms with van der Waals surface area (Å²) >= 11 is 0. The molecule has 4 rings (SSSR count). The molecule has 0 spiro atoms. The maximum absolute atomic E-state index is 10.2. The number of hydrogen-bond donors (Lipinski definition) is 1. The van der Waals surface area contributed by atoms with Gasteiger partial charge in [-0.15, -0.1) is 5.10 Å². The number of aromatic nitrogens is 4. The number of fused-ring (bicyclic) bond motifs is 1. The fraction of sp³-hybridized carbons (Fsp3) is 0.316. The van der Waals surface area contributed by atoms with E-state index in [4.69, 9.17) is 4.74 Å². The monoisotopic (exact) mass is 336 g/mol. The van der Waals surface area contributed by atoms with Gasteiger partial charge in [-0.25, -0.2) is 4.68 Å². The smallest absolute Gasteiger partial charge is 0.189 e. The second kappa shape index (κ2) is 7.03. The molecule has 1 aliphatic rings. The molecule has 25 heavy (non-hydrogen) atoms. The van der Waals surface area contributed by atoms with Gasteiger partial charge in [0.05, 0.1) is 12.6 Å². The summed E-state index contributed by atoms with van der Waals surface area (Å²) in [6.45, 7) is 0.907. The summed E-state index contributed by atoms with van der Waals surface area (Å²) in [6.07, 6.45) is 2.32. The Hall–Kier alpha value is -2.73. The molecule has 6 nitrogen and oxygen atoms in total. The highest BCUT2D eigenvalue weighted by Crippen LogP contribution is 2.35. The molecule has 0 saturated carbocycles. The largest absolute Gasteiger partial charge is 0.485 e. The van der Waals surface area contributed by atoms with Crippen LogP contribution in [0.2, 0.25) is 0 Å². The van der Waals surface area contributed by atoms with Crippen molar-refractivity contribution in [3.63, 3.8) is 0 Å². The number of benzene rings is 2. The van der Waals surface area contributed by atoms with Crippen molar-refractivity contribution in [1.82, 2.24) is 20.2 Å². The van der Waals surface area contributed by atoms with Crippen molar-refractivity contribution < 1.29 is 9.84 Å². The summed E-state index contributed by atoms with van der Waals surface area (Å²) in [7, 11) is 0. The van der Waals surface area contributed by atoms with Crippen LogP contribution in [0.25, 0.3) is 0 Å². The highest BCUT2D eigenvalue weighted by Gasteiger charge is 2.21. The van der Waals surface area contributed by atoms with Crippen LogP contribution in [0.4, 0.5) is 0 Å². The van der Waals surface area contributed by atoms with Gasteiger partial charge in [-0.1, -0.05) is 42.5 Å². The van der Waals surface area contributed by atoms with E-state index in [2.05, 4.69) is 15.5 Å². The Morgan fingerprint density at radius 1 is 1.12 bits per heavy atom.